The fraction of sp³-hybridized carbons (Fsp3) is 0.538. The predicted molar refractivity (Wildman–Crippen MR) is 83.1 cm³/mol. The quantitative estimate of drug-likeness (QED) is 0.478. The van der Waals surface area contributed by atoms with Crippen LogP contribution in [0.25, 0.3) is 0 Å². The number of urea groups is 1. The van der Waals surface area contributed by atoms with Gasteiger partial charge in [0.05, 0.1) is 23.6 Å². The van der Waals surface area contributed by atoms with Gasteiger partial charge in [-0.1, -0.05) is 0 Å². The lowest BCUT2D eigenvalue weighted by molar-refractivity contribution is -0.140. The summed E-state index contributed by atoms with van der Waals surface area (Å²) in [5.74, 6) is -0.550. The molecule has 0 radical (unpaired) electrons. The van der Waals surface area contributed by atoms with E-state index in [-0.39, 0.29) is 13.2 Å². The number of hydrogen-bond donors (Lipinski definition) is 2. The molecule has 2 atom stereocenters. The van der Waals surface area contributed by atoms with Gasteiger partial charge in [0.1, 0.15) is 12.6 Å². The van der Waals surface area contributed by atoms with Crippen LogP contribution in [0.2, 0.25) is 0 Å². The molecule has 0 spiro atoms. The van der Waals surface area contributed by atoms with Crippen LogP contribution in [0.4, 0.5) is 4.79 Å². The Kier molecular flexibility index (Phi) is 5.04. The highest BCUT2D eigenvalue weighted by atomic mass is 32.3. The van der Waals surface area contributed by atoms with E-state index in [2.05, 4.69) is 19.7 Å². The number of hydrogen-bond acceptors (Lipinski definition) is 8. The molecular weight excluding hydrogens is 370 g/mol. The fourth-order valence-corrected chi connectivity index (χ4v) is 3.24. The van der Waals surface area contributed by atoms with Gasteiger partial charge in [-0.2, -0.15) is 13.5 Å². The summed E-state index contributed by atoms with van der Waals surface area (Å²) < 4.78 is 34.7. The van der Waals surface area contributed by atoms with E-state index in [0.29, 0.717) is 23.6 Å². The maximum atomic E-state index is 12.3. The number of amides is 3. The average Bonchev–Trinajstić information content (AvgIpc) is 2.80. The summed E-state index contributed by atoms with van der Waals surface area (Å²) in [6.07, 6.45) is 3.70. The Bertz CT molecular complexity index is 800. The average molecular weight is 387 g/mol. The number of nitrogens with one attached hydrogen (secondary N) is 1. The van der Waals surface area contributed by atoms with Crippen LogP contribution < -0.4 is 5.48 Å². The van der Waals surface area contributed by atoms with E-state index in [0.717, 1.165) is 5.69 Å². The van der Waals surface area contributed by atoms with Gasteiger partial charge >= 0.3 is 16.4 Å². The molecule has 142 valence electrons. The Labute approximate surface area is 149 Å². The minimum absolute atomic E-state index is 0.000301. The van der Waals surface area contributed by atoms with Crippen molar-refractivity contribution >= 4 is 22.3 Å². The Morgan fingerprint density at radius 2 is 2.15 bits per heavy atom. The molecule has 2 aliphatic rings. The standard InChI is InChI=1S/C13H17N5O7S/c1-8-4-15-9(5-14-8)7-24-16-12(19)11-3-2-10-6-17(11)13(20)18(10)25-26(21,22)23/h4-5,10-11H,2-3,6-7H2,1H3,(H,16,19)(H,21,22,23)/t10-,11+/m1/s1. The fourth-order valence-electron chi connectivity index (χ4n) is 2.85. The van der Waals surface area contributed by atoms with Gasteiger partial charge in [0, 0.05) is 12.7 Å². The van der Waals surface area contributed by atoms with Gasteiger partial charge in [-0.05, 0) is 19.8 Å². The molecule has 13 heteroatoms. The number of nitrogens with zero attached hydrogens (tertiary/aromatic N) is 4. The zero-order chi connectivity index (χ0) is 18.9. The van der Waals surface area contributed by atoms with Gasteiger partial charge in [0.15, 0.2) is 0 Å². The molecule has 3 rings (SSSR count). The van der Waals surface area contributed by atoms with Crippen LogP contribution >= 0.6 is 0 Å². The summed E-state index contributed by atoms with van der Waals surface area (Å²) in [6, 6.07) is -2.20. The first-order valence-electron chi connectivity index (χ1n) is 7.70. The zero-order valence-electron chi connectivity index (χ0n) is 13.7. The first-order valence-corrected chi connectivity index (χ1v) is 9.07. The van der Waals surface area contributed by atoms with Crippen molar-refractivity contribution in [1.82, 2.24) is 25.4 Å². The summed E-state index contributed by atoms with van der Waals surface area (Å²) in [7, 11) is -4.82. The molecular formula is C13H17N5O7S. The van der Waals surface area contributed by atoms with Crippen LogP contribution in [0, 0.1) is 6.92 Å². The molecule has 1 aromatic heterocycles. The Morgan fingerprint density at radius 1 is 1.38 bits per heavy atom. The van der Waals surface area contributed by atoms with Crippen molar-refractivity contribution in [2.45, 2.75) is 38.5 Å². The lowest BCUT2D eigenvalue weighted by Gasteiger charge is -2.28. The van der Waals surface area contributed by atoms with Crippen molar-refractivity contribution in [3.05, 3.63) is 23.8 Å². The van der Waals surface area contributed by atoms with E-state index in [9.17, 15) is 18.0 Å². The second-order valence-electron chi connectivity index (χ2n) is 5.91. The minimum atomic E-state index is -4.82. The van der Waals surface area contributed by atoms with Gasteiger partial charge in [0.25, 0.3) is 5.91 Å². The first-order chi connectivity index (χ1) is 12.2. The van der Waals surface area contributed by atoms with Crippen molar-refractivity contribution in [2.24, 2.45) is 0 Å². The van der Waals surface area contributed by atoms with Crippen molar-refractivity contribution in [2.75, 3.05) is 6.54 Å². The smallest absolute Gasteiger partial charge is 0.309 e. The van der Waals surface area contributed by atoms with E-state index in [1.807, 2.05) is 0 Å². The molecule has 3 heterocycles. The van der Waals surface area contributed by atoms with Crippen LogP contribution in [-0.4, -0.2) is 63.5 Å². The lowest BCUT2D eigenvalue weighted by atomic mass is 10.0. The second-order valence-corrected chi connectivity index (χ2v) is 6.92. The van der Waals surface area contributed by atoms with E-state index in [1.165, 1.54) is 11.1 Å². The van der Waals surface area contributed by atoms with E-state index in [4.69, 9.17) is 9.39 Å². The van der Waals surface area contributed by atoms with Gasteiger partial charge < -0.3 is 4.90 Å². The monoisotopic (exact) mass is 387 g/mol. The second kappa shape index (κ2) is 7.11. The molecule has 2 fully saturated rings. The molecule has 0 aliphatic carbocycles. The number of carbonyl (C=O) groups is 2. The third-order valence-electron chi connectivity index (χ3n) is 4.03. The Hall–Kier alpha value is -2.35. The van der Waals surface area contributed by atoms with Gasteiger partial charge in [-0.25, -0.2) is 10.3 Å². The zero-order valence-corrected chi connectivity index (χ0v) is 14.5. The molecule has 0 saturated carbocycles. The molecule has 2 aliphatic heterocycles. The molecule has 2 N–H and O–H groups in total. The number of rotatable bonds is 6. The number of fused-ring (bicyclic) bond motifs is 2. The largest absolute Gasteiger partial charge is 0.418 e. The third kappa shape index (κ3) is 4.07. The summed E-state index contributed by atoms with van der Waals surface area (Å²) in [5.41, 5.74) is 3.52. The molecule has 26 heavy (non-hydrogen) atoms. The van der Waals surface area contributed by atoms with Crippen LogP contribution in [-0.2, 0) is 30.9 Å². The van der Waals surface area contributed by atoms with Crippen molar-refractivity contribution in [3.8, 4) is 0 Å². The number of aromatic nitrogens is 2. The van der Waals surface area contributed by atoms with Gasteiger partial charge in [-0.15, -0.1) is 4.28 Å². The Morgan fingerprint density at radius 3 is 2.81 bits per heavy atom. The first kappa shape index (κ1) is 18.4. The van der Waals surface area contributed by atoms with Gasteiger partial charge in [-0.3, -0.25) is 24.2 Å². The van der Waals surface area contributed by atoms with E-state index in [1.54, 1.807) is 13.1 Å². The SMILES string of the molecule is Cc1cnc(CONC(=O)[C@@H]2CC[C@@H]3CN2C(=O)N3OS(=O)(=O)O)cn1. The highest BCUT2D eigenvalue weighted by molar-refractivity contribution is 7.80. The van der Waals surface area contributed by atoms with Crippen LogP contribution in [0.15, 0.2) is 12.4 Å². The van der Waals surface area contributed by atoms with Crippen LogP contribution in [0.5, 0.6) is 0 Å². The normalized spacial score (nSPS) is 22.6. The van der Waals surface area contributed by atoms with Crippen LogP contribution in [0.3, 0.4) is 0 Å². The summed E-state index contributed by atoms with van der Waals surface area (Å²) in [4.78, 5) is 38.9. The topological polar surface area (TPSA) is 151 Å². The highest BCUT2D eigenvalue weighted by Gasteiger charge is 2.49. The molecule has 0 aromatic carbocycles. The highest BCUT2D eigenvalue weighted by Crippen LogP contribution is 2.30. The van der Waals surface area contributed by atoms with E-state index < -0.39 is 34.4 Å². The molecule has 1 aromatic rings. The number of hydroxylamine groups is 3. The van der Waals surface area contributed by atoms with Crippen molar-refractivity contribution in [3.63, 3.8) is 0 Å². The third-order valence-corrected chi connectivity index (χ3v) is 4.38. The molecule has 0 unspecified atom stereocenters. The van der Waals surface area contributed by atoms with Crippen molar-refractivity contribution in [1.29, 1.82) is 0 Å². The van der Waals surface area contributed by atoms with E-state index >= 15 is 0 Å². The minimum Gasteiger partial charge on any atom is -0.309 e. The number of aryl methyl sites for hydroxylation is 1. The molecule has 2 saturated heterocycles. The summed E-state index contributed by atoms with van der Waals surface area (Å²) in [5, 5.41) is 0.575. The van der Waals surface area contributed by atoms with Crippen LogP contribution in [0.1, 0.15) is 24.2 Å². The number of piperidine rings is 1. The van der Waals surface area contributed by atoms with Gasteiger partial charge in [0.2, 0.25) is 0 Å². The maximum absolute atomic E-state index is 12.3. The molecule has 2 bridgehead atoms. The number of carbonyl (C=O) groups excluding carboxylic acids is 2. The maximum Gasteiger partial charge on any atom is 0.418 e. The summed E-state index contributed by atoms with van der Waals surface area (Å²) >= 11 is 0. The lowest BCUT2D eigenvalue weighted by Crippen LogP contribution is -2.49. The predicted octanol–water partition coefficient (Wildman–Crippen LogP) is -0.664. The molecule has 3 amide bonds. The Balaban J connectivity index is 1.56. The summed E-state index contributed by atoms with van der Waals surface area (Å²) in [6.45, 7) is 1.90. The van der Waals surface area contributed by atoms with Crippen molar-refractivity contribution < 1.29 is 31.7 Å². The molecule has 12 nitrogen and oxygen atoms in total.